The van der Waals surface area contributed by atoms with Crippen molar-refractivity contribution in [1.82, 2.24) is 30.0 Å². The van der Waals surface area contributed by atoms with E-state index in [0.29, 0.717) is 0 Å². The molecule has 1 fully saturated rings. The number of rotatable bonds is 4. The molecule has 1 amide bonds. The molecule has 0 bridgehead atoms. The fourth-order valence-corrected chi connectivity index (χ4v) is 4.81. The van der Waals surface area contributed by atoms with Crippen molar-refractivity contribution in [2.75, 3.05) is 24.5 Å². The van der Waals surface area contributed by atoms with Crippen molar-refractivity contribution in [3.8, 4) is 0 Å². The molecule has 1 aliphatic carbocycles. The number of hydrogen-bond donors (Lipinski definition) is 1. The first-order chi connectivity index (χ1) is 13.7. The van der Waals surface area contributed by atoms with Crippen molar-refractivity contribution in [2.45, 2.75) is 58.3 Å². The molecule has 2 aliphatic heterocycles. The predicted molar refractivity (Wildman–Crippen MR) is 105 cm³/mol. The quantitative estimate of drug-likeness (QED) is 0.848. The van der Waals surface area contributed by atoms with Crippen molar-refractivity contribution in [2.24, 2.45) is 0 Å². The van der Waals surface area contributed by atoms with Gasteiger partial charge in [0.15, 0.2) is 0 Å². The second kappa shape index (κ2) is 7.16. The number of fused-ring (bicyclic) bond motifs is 2. The number of carbonyl (C=O) groups is 1. The van der Waals surface area contributed by atoms with Gasteiger partial charge in [0, 0.05) is 50.4 Å². The van der Waals surface area contributed by atoms with Crippen LogP contribution in [0.4, 0.5) is 5.82 Å². The second-order valence-electron chi connectivity index (χ2n) is 8.17. The van der Waals surface area contributed by atoms with Gasteiger partial charge in [-0.2, -0.15) is 5.10 Å². The van der Waals surface area contributed by atoms with E-state index in [1.807, 2.05) is 0 Å². The molecule has 3 aliphatic rings. The van der Waals surface area contributed by atoms with Crippen molar-refractivity contribution in [1.29, 1.82) is 0 Å². The van der Waals surface area contributed by atoms with Crippen LogP contribution in [0.15, 0.2) is 12.4 Å². The normalized spacial score (nSPS) is 21.6. The Morgan fingerprint density at radius 1 is 1.25 bits per heavy atom. The molecule has 2 aromatic rings. The summed E-state index contributed by atoms with van der Waals surface area (Å²) in [5, 5.41) is 7.85. The van der Waals surface area contributed by atoms with Crippen LogP contribution in [0, 0.1) is 0 Å². The summed E-state index contributed by atoms with van der Waals surface area (Å²) < 4.78 is 2.15. The van der Waals surface area contributed by atoms with Gasteiger partial charge in [-0.05, 0) is 31.7 Å². The number of aromatic nitrogens is 4. The molecule has 1 unspecified atom stereocenters. The molecule has 4 heterocycles. The number of nitrogens with one attached hydrogen (secondary N) is 1. The standard InChI is InChI=1S/C20H27N7O/c1-14(28)23-15-5-6-25(10-15)11-16-9-17-12-26(7-8-27(17)24-16)20-18-3-2-4-19(18)21-13-22-20/h9,13,15H,2-8,10-12H2,1H3,(H,23,28). The third-order valence-corrected chi connectivity index (χ3v) is 6.07. The highest BCUT2D eigenvalue weighted by molar-refractivity contribution is 5.73. The lowest BCUT2D eigenvalue weighted by atomic mass is 10.2. The monoisotopic (exact) mass is 381 g/mol. The highest BCUT2D eigenvalue weighted by atomic mass is 16.1. The van der Waals surface area contributed by atoms with Crippen LogP contribution in [0.2, 0.25) is 0 Å². The van der Waals surface area contributed by atoms with Gasteiger partial charge in [0.2, 0.25) is 5.91 Å². The smallest absolute Gasteiger partial charge is 0.217 e. The Labute approximate surface area is 164 Å². The van der Waals surface area contributed by atoms with Gasteiger partial charge in [-0.1, -0.05) is 0 Å². The average Bonchev–Trinajstić information content (AvgIpc) is 3.39. The SMILES string of the molecule is CC(=O)NC1CCN(Cc2cc3n(n2)CCN(c2ncnc4c2CCC4)C3)C1. The van der Waals surface area contributed by atoms with Gasteiger partial charge in [-0.15, -0.1) is 0 Å². The highest BCUT2D eigenvalue weighted by Crippen LogP contribution is 2.30. The van der Waals surface area contributed by atoms with E-state index in [1.165, 1.54) is 23.4 Å². The number of carbonyl (C=O) groups excluding carboxylic acids is 1. The Morgan fingerprint density at radius 3 is 3.07 bits per heavy atom. The van der Waals surface area contributed by atoms with Crippen molar-refractivity contribution < 1.29 is 4.79 Å². The van der Waals surface area contributed by atoms with E-state index < -0.39 is 0 Å². The van der Waals surface area contributed by atoms with Crippen LogP contribution in [-0.2, 0) is 37.3 Å². The van der Waals surface area contributed by atoms with Crippen LogP contribution in [0.3, 0.4) is 0 Å². The molecular formula is C20H27N7O. The van der Waals surface area contributed by atoms with Crippen molar-refractivity contribution in [3.05, 3.63) is 35.0 Å². The molecule has 1 saturated heterocycles. The molecule has 0 aromatic carbocycles. The van der Waals surface area contributed by atoms with Crippen molar-refractivity contribution in [3.63, 3.8) is 0 Å². The molecule has 8 heteroatoms. The Morgan fingerprint density at radius 2 is 2.18 bits per heavy atom. The first-order valence-corrected chi connectivity index (χ1v) is 10.3. The van der Waals surface area contributed by atoms with Gasteiger partial charge >= 0.3 is 0 Å². The lowest BCUT2D eigenvalue weighted by molar-refractivity contribution is -0.119. The number of aryl methyl sites for hydroxylation is 1. The summed E-state index contributed by atoms with van der Waals surface area (Å²) in [6, 6.07) is 2.50. The van der Waals surface area contributed by atoms with E-state index in [2.05, 4.69) is 35.8 Å². The fourth-order valence-electron chi connectivity index (χ4n) is 4.81. The third-order valence-electron chi connectivity index (χ3n) is 6.07. The molecular weight excluding hydrogens is 354 g/mol. The summed E-state index contributed by atoms with van der Waals surface area (Å²) in [7, 11) is 0. The summed E-state index contributed by atoms with van der Waals surface area (Å²) in [5.74, 6) is 1.18. The van der Waals surface area contributed by atoms with Crippen LogP contribution >= 0.6 is 0 Å². The lowest BCUT2D eigenvalue weighted by Gasteiger charge is -2.29. The zero-order chi connectivity index (χ0) is 19.1. The number of anilines is 1. The number of nitrogens with zero attached hydrogens (tertiary/aromatic N) is 6. The fraction of sp³-hybridized carbons (Fsp3) is 0.600. The molecule has 0 saturated carbocycles. The van der Waals surface area contributed by atoms with Gasteiger partial charge in [-0.25, -0.2) is 9.97 Å². The molecule has 0 spiro atoms. The van der Waals surface area contributed by atoms with Crippen LogP contribution in [-0.4, -0.2) is 56.2 Å². The Kier molecular flexibility index (Phi) is 4.50. The maximum atomic E-state index is 11.3. The molecule has 8 nitrogen and oxygen atoms in total. The third kappa shape index (κ3) is 3.37. The van der Waals surface area contributed by atoms with E-state index in [0.717, 1.165) is 70.0 Å². The van der Waals surface area contributed by atoms with Gasteiger partial charge in [0.25, 0.3) is 0 Å². The molecule has 148 valence electrons. The minimum Gasteiger partial charge on any atom is -0.352 e. The Hall–Kier alpha value is -2.48. The van der Waals surface area contributed by atoms with E-state index in [9.17, 15) is 4.79 Å². The average molecular weight is 381 g/mol. The van der Waals surface area contributed by atoms with Gasteiger partial charge < -0.3 is 10.2 Å². The van der Waals surface area contributed by atoms with E-state index in [1.54, 1.807) is 13.3 Å². The first kappa shape index (κ1) is 17.6. The van der Waals surface area contributed by atoms with Crippen LogP contribution < -0.4 is 10.2 Å². The van der Waals surface area contributed by atoms with Crippen molar-refractivity contribution >= 4 is 11.7 Å². The maximum absolute atomic E-state index is 11.3. The predicted octanol–water partition coefficient (Wildman–Crippen LogP) is 0.892. The van der Waals surface area contributed by atoms with Crippen LogP contribution in [0.25, 0.3) is 0 Å². The number of likely N-dealkylation sites (tertiary alicyclic amines) is 1. The summed E-state index contributed by atoms with van der Waals surface area (Å²) >= 11 is 0. The molecule has 28 heavy (non-hydrogen) atoms. The van der Waals surface area contributed by atoms with E-state index >= 15 is 0 Å². The van der Waals surface area contributed by atoms with Gasteiger partial charge in [0.1, 0.15) is 12.1 Å². The highest BCUT2D eigenvalue weighted by Gasteiger charge is 2.27. The Balaban J connectivity index is 1.26. The zero-order valence-corrected chi connectivity index (χ0v) is 16.4. The number of amides is 1. The maximum Gasteiger partial charge on any atom is 0.217 e. The molecule has 2 aromatic heterocycles. The Bertz CT molecular complexity index is 893. The zero-order valence-electron chi connectivity index (χ0n) is 16.4. The van der Waals surface area contributed by atoms with E-state index in [4.69, 9.17) is 5.10 Å². The topological polar surface area (TPSA) is 79.2 Å². The second-order valence-corrected chi connectivity index (χ2v) is 8.17. The summed E-state index contributed by atoms with van der Waals surface area (Å²) in [6.07, 6.45) is 6.09. The molecule has 1 atom stereocenters. The molecule has 5 rings (SSSR count). The first-order valence-electron chi connectivity index (χ1n) is 10.3. The lowest BCUT2D eigenvalue weighted by Crippen LogP contribution is -2.35. The van der Waals surface area contributed by atoms with Crippen LogP contribution in [0.5, 0.6) is 0 Å². The minimum atomic E-state index is 0.0561. The molecule has 1 N–H and O–H groups in total. The largest absolute Gasteiger partial charge is 0.352 e. The van der Waals surface area contributed by atoms with Gasteiger partial charge in [0.05, 0.1) is 24.5 Å². The van der Waals surface area contributed by atoms with Crippen LogP contribution in [0.1, 0.15) is 42.4 Å². The van der Waals surface area contributed by atoms with E-state index in [-0.39, 0.29) is 11.9 Å². The van der Waals surface area contributed by atoms with Gasteiger partial charge in [-0.3, -0.25) is 14.4 Å². The number of hydrogen-bond acceptors (Lipinski definition) is 6. The molecule has 0 radical (unpaired) electrons. The summed E-state index contributed by atoms with van der Waals surface area (Å²) in [6.45, 7) is 7.02. The minimum absolute atomic E-state index is 0.0561. The summed E-state index contributed by atoms with van der Waals surface area (Å²) in [4.78, 5) is 25.1. The summed E-state index contributed by atoms with van der Waals surface area (Å²) in [5.41, 5.74) is 4.95.